The van der Waals surface area contributed by atoms with E-state index in [2.05, 4.69) is 20.9 Å². The lowest BCUT2D eigenvalue weighted by molar-refractivity contribution is 0.268. The summed E-state index contributed by atoms with van der Waals surface area (Å²) < 4.78 is 27.1. The van der Waals surface area contributed by atoms with Crippen molar-refractivity contribution in [3.63, 3.8) is 0 Å². The van der Waals surface area contributed by atoms with Crippen LogP contribution in [0.25, 0.3) is 11.1 Å². The average Bonchev–Trinajstić information content (AvgIpc) is 2.78. The molecule has 0 aliphatic carbocycles. The van der Waals surface area contributed by atoms with Crippen molar-refractivity contribution in [2.24, 2.45) is 0 Å². The third kappa shape index (κ3) is 5.05. The summed E-state index contributed by atoms with van der Waals surface area (Å²) in [4.78, 5) is 4.52. The molecule has 150 valence electrons. The fourth-order valence-electron chi connectivity index (χ4n) is 2.98. The van der Waals surface area contributed by atoms with Crippen LogP contribution in [0, 0.1) is 5.82 Å². The Balaban J connectivity index is 1.62. The predicted molar refractivity (Wildman–Crippen MR) is 119 cm³/mol. The molecule has 5 heteroatoms. The smallest absolute Gasteiger partial charge is 0.225 e. The number of aromatic nitrogens is 1. The van der Waals surface area contributed by atoms with E-state index >= 15 is 0 Å². The number of rotatable bonds is 7. The summed E-state index contributed by atoms with van der Waals surface area (Å²) in [6.07, 6.45) is 0. The van der Waals surface area contributed by atoms with Crippen molar-refractivity contribution >= 4 is 15.9 Å². The van der Waals surface area contributed by atoms with Gasteiger partial charge in [-0.15, -0.1) is 0 Å². The van der Waals surface area contributed by atoms with Crippen molar-refractivity contribution in [2.75, 3.05) is 0 Å². The highest BCUT2D eigenvalue weighted by atomic mass is 79.9. The number of pyridine rings is 1. The lowest BCUT2D eigenvalue weighted by Crippen LogP contribution is -2.03. The molecule has 0 saturated heterocycles. The Bertz CT molecular complexity index is 1120. The SMILES string of the molecule is Fc1cc(Br)ccc1-c1ccc(OCc2ccccc2)nc1OCc1ccccc1. The largest absolute Gasteiger partial charge is 0.473 e. The molecule has 0 N–H and O–H groups in total. The molecule has 0 fully saturated rings. The Labute approximate surface area is 183 Å². The van der Waals surface area contributed by atoms with E-state index < -0.39 is 0 Å². The molecule has 0 spiro atoms. The molecular formula is C25H19BrFNO2. The number of hydrogen-bond donors (Lipinski definition) is 0. The molecule has 4 aromatic rings. The summed E-state index contributed by atoms with van der Waals surface area (Å²) in [5, 5.41) is 0. The van der Waals surface area contributed by atoms with E-state index in [0.29, 0.717) is 40.6 Å². The Morgan fingerprint density at radius 2 is 1.30 bits per heavy atom. The third-order valence-electron chi connectivity index (χ3n) is 4.50. The quantitative estimate of drug-likeness (QED) is 0.301. The lowest BCUT2D eigenvalue weighted by atomic mass is 10.1. The van der Waals surface area contributed by atoms with Crippen molar-refractivity contribution in [2.45, 2.75) is 13.2 Å². The van der Waals surface area contributed by atoms with Gasteiger partial charge in [-0.2, -0.15) is 4.98 Å². The second-order valence-corrected chi connectivity index (χ2v) is 7.59. The van der Waals surface area contributed by atoms with Gasteiger partial charge in [-0.3, -0.25) is 0 Å². The van der Waals surface area contributed by atoms with E-state index in [0.717, 1.165) is 11.1 Å². The molecule has 0 radical (unpaired) electrons. The van der Waals surface area contributed by atoms with Crippen LogP contribution >= 0.6 is 15.9 Å². The summed E-state index contributed by atoms with van der Waals surface area (Å²) in [5.41, 5.74) is 3.03. The number of halogens is 2. The summed E-state index contributed by atoms with van der Waals surface area (Å²) in [5.74, 6) is 0.391. The molecule has 3 aromatic carbocycles. The predicted octanol–water partition coefficient (Wildman–Crippen LogP) is 6.81. The molecule has 1 heterocycles. The van der Waals surface area contributed by atoms with Crippen molar-refractivity contribution in [3.05, 3.63) is 112 Å². The van der Waals surface area contributed by atoms with Gasteiger partial charge in [0.25, 0.3) is 0 Å². The van der Waals surface area contributed by atoms with Crippen LogP contribution in [0.4, 0.5) is 4.39 Å². The minimum atomic E-state index is -0.353. The Hall–Kier alpha value is -3.18. The summed E-state index contributed by atoms with van der Waals surface area (Å²) in [6.45, 7) is 0.707. The average molecular weight is 464 g/mol. The topological polar surface area (TPSA) is 31.4 Å². The number of ether oxygens (including phenoxy) is 2. The normalized spacial score (nSPS) is 10.6. The van der Waals surface area contributed by atoms with Gasteiger partial charge in [0.1, 0.15) is 19.0 Å². The maximum absolute atomic E-state index is 14.6. The molecule has 0 bridgehead atoms. The van der Waals surface area contributed by atoms with Gasteiger partial charge in [-0.05, 0) is 29.3 Å². The highest BCUT2D eigenvalue weighted by Crippen LogP contribution is 2.34. The molecule has 1 aromatic heterocycles. The van der Waals surface area contributed by atoms with Crippen LogP contribution in [0.1, 0.15) is 11.1 Å². The van der Waals surface area contributed by atoms with Gasteiger partial charge in [-0.25, -0.2) is 4.39 Å². The van der Waals surface area contributed by atoms with Gasteiger partial charge in [0.15, 0.2) is 0 Å². The van der Waals surface area contributed by atoms with Gasteiger partial charge >= 0.3 is 0 Å². The fraction of sp³-hybridized carbons (Fsp3) is 0.0800. The van der Waals surface area contributed by atoms with Crippen molar-refractivity contribution < 1.29 is 13.9 Å². The zero-order valence-corrected chi connectivity index (χ0v) is 17.7. The first-order valence-corrected chi connectivity index (χ1v) is 10.3. The Morgan fingerprint density at radius 1 is 0.700 bits per heavy atom. The highest BCUT2D eigenvalue weighted by molar-refractivity contribution is 9.10. The number of nitrogens with zero attached hydrogens (tertiary/aromatic N) is 1. The van der Waals surface area contributed by atoms with Gasteiger partial charge in [0.05, 0.1) is 0 Å². The Kier molecular flexibility index (Phi) is 6.40. The molecule has 0 aliphatic rings. The van der Waals surface area contributed by atoms with E-state index in [-0.39, 0.29) is 5.82 Å². The first-order valence-electron chi connectivity index (χ1n) is 9.49. The fourth-order valence-corrected chi connectivity index (χ4v) is 3.32. The summed E-state index contributed by atoms with van der Waals surface area (Å²) >= 11 is 3.30. The third-order valence-corrected chi connectivity index (χ3v) is 5.00. The van der Waals surface area contributed by atoms with Crippen LogP contribution in [0.3, 0.4) is 0 Å². The second-order valence-electron chi connectivity index (χ2n) is 6.67. The first kappa shape index (κ1) is 20.1. The highest BCUT2D eigenvalue weighted by Gasteiger charge is 2.15. The van der Waals surface area contributed by atoms with Crippen molar-refractivity contribution in [1.29, 1.82) is 0 Å². The van der Waals surface area contributed by atoms with Crippen LogP contribution in [0.5, 0.6) is 11.8 Å². The molecule has 0 unspecified atom stereocenters. The van der Waals surface area contributed by atoms with Gasteiger partial charge in [0, 0.05) is 21.7 Å². The monoisotopic (exact) mass is 463 g/mol. The van der Waals surface area contributed by atoms with E-state index in [1.54, 1.807) is 24.3 Å². The molecule has 0 aliphatic heterocycles. The lowest BCUT2D eigenvalue weighted by Gasteiger charge is -2.14. The number of benzene rings is 3. The van der Waals surface area contributed by atoms with Crippen molar-refractivity contribution in [1.82, 2.24) is 4.98 Å². The minimum absolute atomic E-state index is 0.321. The standard InChI is InChI=1S/C25H19BrFNO2/c26-20-11-12-21(23(27)15-20)22-13-14-24(29-16-18-7-3-1-4-8-18)28-25(22)30-17-19-9-5-2-6-10-19/h1-15H,16-17H2. The van der Waals surface area contributed by atoms with Crippen LogP contribution in [0.2, 0.25) is 0 Å². The maximum atomic E-state index is 14.6. The molecular weight excluding hydrogens is 445 g/mol. The summed E-state index contributed by atoms with van der Waals surface area (Å²) in [7, 11) is 0. The van der Waals surface area contributed by atoms with Crippen LogP contribution < -0.4 is 9.47 Å². The van der Waals surface area contributed by atoms with Gasteiger partial charge < -0.3 is 9.47 Å². The molecule has 4 rings (SSSR count). The molecule has 0 saturated carbocycles. The minimum Gasteiger partial charge on any atom is -0.473 e. The molecule has 0 amide bonds. The zero-order chi connectivity index (χ0) is 20.8. The molecule has 30 heavy (non-hydrogen) atoms. The first-order chi connectivity index (χ1) is 14.7. The van der Waals surface area contributed by atoms with Gasteiger partial charge in [0.2, 0.25) is 11.8 Å². The zero-order valence-electron chi connectivity index (χ0n) is 16.1. The van der Waals surface area contributed by atoms with Crippen LogP contribution in [-0.2, 0) is 13.2 Å². The van der Waals surface area contributed by atoms with E-state index in [1.807, 2.05) is 60.7 Å². The van der Waals surface area contributed by atoms with Gasteiger partial charge in [-0.1, -0.05) is 82.7 Å². The van der Waals surface area contributed by atoms with E-state index in [9.17, 15) is 4.39 Å². The van der Waals surface area contributed by atoms with E-state index in [1.165, 1.54) is 6.07 Å². The second kappa shape index (κ2) is 9.55. The maximum Gasteiger partial charge on any atom is 0.225 e. The molecule has 3 nitrogen and oxygen atoms in total. The van der Waals surface area contributed by atoms with Crippen molar-refractivity contribution in [3.8, 4) is 22.9 Å². The van der Waals surface area contributed by atoms with Crippen LogP contribution in [-0.4, -0.2) is 4.98 Å². The van der Waals surface area contributed by atoms with Crippen LogP contribution in [0.15, 0.2) is 95.5 Å². The Morgan fingerprint density at radius 3 is 1.93 bits per heavy atom. The number of hydrogen-bond acceptors (Lipinski definition) is 3. The molecule has 0 atom stereocenters. The van der Waals surface area contributed by atoms with E-state index in [4.69, 9.17) is 9.47 Å². The summed E-state index contributed by atoms with van der Waals surface area (Å²) in [6, 6.07) is 28.0.